The molecule has 0 heteroatoms. The van der Waals surface area contributed by atoms with E-state index < -0.39 is 0 Å². The first-order valence-corrected chi connectivity index (χ1v) is 5.61. The van der Waals surface area contributed by atoms with E-state index in [-0.39, 0.29) is 0 Å². The van der Waals surface area contributed by atoms with Crippen LogP contribution in [0.1, 0.15) is 46.0 Å². The molecule has 0 heterocycles. The maximum absolute atomic E-state index is 3.78. The molecule has 1 saturated carbocycles. The van der Waals surface area contributed by atoms with E-state index in [4.69, 9.17) is 0 Å². The second-order valence-electron chi connectivity index (χ2n) is 4.21. The van der Waals surface area contributed by atoms with Gasteiger partial charge in [-0.05, 0) is 31.1 Å². The lowest BCUT2D eigenvalue weighted by atomic mass is 9.75. The monoisotopic (exact) mass is 178 g/mol. The van der Waals surface area contributed by atoms with Gasteiger partial charge in [-0.2, -0.15) is 0 Å². The van der Waals surface area contributed by atoms with Crippen molar-refractivity contribution in [2.45, 2.75) is 46.0 Å². The van der Waals surface area contributed by atoms with Crippen molar-refractivity contribution in [1.82, 2.24) is 0 Å². The van der Waals surface area contributed by atoms with E-state index in [1.807, 2.05) is 6.08 Å². The molecule has 74 valence electrons. The van der Waals surface area contributed by atoms with Crippen LogP contribution in [0.5, 0.6) is 0 Å². The van der Waals surface area contributed by atoms with Gasteiger partial charge in [-0.3, -0.25) is 0 Å². The molecule has 2 unspecified atom stereocenters. The van der Waals surface area contributed by atoms with Crippen molar-refractivity contribution in [1.29, 1.82) is 0 Å². The van der Waals surface area contributed by atoms with Crippen LogP contribution in [0.15, 0.2) is 24.3 Å². The molecule has 0 radical (unpaired) electrons. The summed E-state index contributed by atoms with van der Waals surface area (Å²) in [4.78, 5) is 0. The fourth-order valence-electron chi connectivity index (χ4n) is 2.50. The SMILES string of the molecule is C=C/C=C1/CCCC(CCC)C1C. The summed E-state index contributed by atoms with van der Waals surface area (Å²) in [7, 11) is 0. The van der Waals surface area contributed by atoms with Crippen molar-refractivity contribution in [3.8, 4) is 0 Å². The third kappa shape index (κ3) is 2.72. The van der Waals surface area contributed by atoms with Crippen LogP contribution in [0.3, 0.4) is 0 Å². The van der Waals surface area contributed by atoms with Gasteiger partial charge in [0, 0.05) is 0 Å². The molecule has 13 heavy (non-hydrogen) atoms. The van der Waals surface area contributed by atoms with E-state index in [1.165, 1.54) is 32.1 Å². The molecule has 0 amide bonds. The van der Waals surface area contributed by atoms with Crippen LogP contribution >= 0.6 is 0 Å². The van der Waals surface area contributed by atoms with E-state index in [2.05, 4.69) is 26.5 Å². The summed E-state index contributed by atoms with van der Waals surface area (Å²) in [5, 5.41) is 0. The Labute approximate surface area is 82.7 Å². The average molecular weight is 178 g/mol. The molecule has 0 aromatic carbocycles. The Morgan fingerprint density at radius 3 is 2.92 bits per heavy atom. The Bertz CT molecular complexity index is 186. The number of rotatable bonds is 3. The molecule has 2 atom stereocenters. The van der Waals surface area contributed by atoms with Crippen LogP contribution in [0, 0.1) is 11.8 Å². The normalized spacial score (nSPS) is 32.0. The van der Waals surface area contributed by atoms with Crippen LogP contribution in [0.25, 0.3) is 0 Å². The molecule has 0 aromatic rings. The lowest BCUT2D eigenvalue weighted by molar-refractivity contribution is 0.301. The maximum Gasteiger partial charge on any atom is -0.0200 e. The zero-order chi connectivity index (χ0) is 9.68. The van der Waals surface area contributed by atoms with E-state index >= 15 is 0 Å². The highest BCUT2D eigenvalue weighted by molar-refractivity contribution is 5.15. The quantitative estimate of drug-likeness (QED) is 0.603. The Kier molecular flexibility index (Phi) is 4.27. The predicted octanol–water partition coefficient (Wildman–Crippen LogP) is 4.34. The lowest BCUT2D eigenvalue weighted by Crippen LogP contribution is -2.18. The van der Waals surface area contributed by atoms with E-state index in [0.717, 1.165) is 11.8 Å². The molecular formula is C13H22. The molecular weight excluding hydrogens is 156 g/mol. The van der Waals surface area contributed by atoms with Crippen LogP contribution in [0.4, 0.5) is 0 Å². The lowest BCUT2D eigenvalue weighted by Gasteiger charge is -2.31. The Morgan fingerprint density at radius 1 is 1.54 bits per heavy atom. The molecule has 0 bridgehead atoms. The van der Waals surface area contributed by atoms with Crippen LogP contribution < -0.4 is 0 Å². The van der Waals surface area contributed by atoms with E-state index in [1.54, 1.807) is 5.57 Å². The minimum atomic E-state index is 0.798. The highest BCUT2D eigenvalue weighted by atomic mass is 14.3. The molecule has 1 fully saturated rings. The van der Waals surface area contributed by atoms with Gasteiger partial charge in [0.2, 0.25) is 0 Å². The molecule has 0 saturated heterocycles. The summed E-state index contributed by atoms with van der Waals surface area (Å²) in [6.45, 7) is 8.46. The minimum Gasteiger partial charge on any atom is -0.0991 e. The minimum absolute atomic E-state index is 0.798. The molecule has 1 aliphatic rings. The molecule has 1 rings (SSSR count). The van der Waals surface area contributed by atoms with Gasteiger partial charge in [-0.15, -0.1) is 0 Å². The van der Waals surface area contributed by atoms with Crippen molar-refractivity contribution < 1.29 is 0 Å². The third-order valence-corrected chi connectivity index (χ3v) is 3.32. The summed E-state index contributed by atoms with van der Waals surface area (Å²) >= 11 is 0. The zero-order valence-corrected chi connectivity index (χ0v) is 9.05. The fraction of sp³-hybridized carbons (Fsp3) is 0.692. The van der Waals surface area contributed by atoms with Crippen LogP contribution in [-0.4, -0.2) is 0 Å². The molecule has 0 nitrogen and oxygen atoms in total. The Balaban J connectivity index is 2.59. The van der Waals surface area contributed by atoms with Crippen molar-refractivity contribution in [2.75, 3.05) is 0 Å². The van der Waals surface area contributed by atoms with Crippen LogP contribution in [0.2, 0.25) is 0 Å². The van der Waals surface area contributed by atoms with Gasteiger partial charge in [0.15, 0.2) is 0 Å². The molecule has 0 aromatic heterocycles. The van der Waals surface area contributed by atoms with Gasteiger partial charge < -0.3 is 0 Å². The highest BCUT2D eigenvalue weighted by Gasteiger charge is 2.23. The fourth-order valence-corrected chi connectivity index (χ4v) is 2.50. The first-order chi connectivity index (χ1) is 6.29. The van der Waals surface area contributed by atoms with Crippen molar-refractivity contribution >= 4 is 0 Å². The first-order valence-electron chi connectivity index (χ1n) is 5.61. The second-order valence-corrected chi connectivity index (χ2v) is 4.21. The smallest absolute Gasteiger partial charge is 0.0200 e. The summed E-state index contributed by atoms with van der Waals surface area (Å²) in [6, 6.07) is 0. The molecule has 0 spiro atoms. The predicted molar refractivity (Wildman–Crippen MR) is 59.7 cm³/mol. The maximum atomic E-state index is 3.78. The van der Waals surface area contributed by atoms with Gasteiger partial charge in [0.05, 0.1) is 0 Å². The molecule has 1 aliphatic carbocycles. The van der Waals surface area contributed by atoms with Crippen LogP contribution in [-0.2, 0) is 0 Å². The standard InChI is InChI=1S/C13H22/c1-4-7-12-9-6-10-13(8-5-2)11(12)3/h4,7,11,13H,1,5-6,8-10H2,2-3H3/b12-7-. The van der Waals surface area contributed by atoms with Crippen molar-refractivity contribution in [3.63, 3.8) is 0 Å². The number of hydrogen-bond donors (Lipinski definition) is 0. The van der Waals surface area contributed by atoms with E-state index in [9.17, 15) is 0 Å². The number of allylic oxidation sites excluding steroid dienone is 3. The van der Waals surface area contributed by atoms with Crippen molar-refractivity contribution in [2.24, 2.45) is 11.8 Å². The van der Waals surface area contributed by atoms with Gasteiger partial charge >= 0.3 is 0 Å². The Morgan fingerprint density at radius 2 is 2.31 bits per heavy atom. The zero-order valence-electron chi connectivity index (χ0n) is 9.05. The Hall–Kier alpha value is -0.520. The number of hydrogen-bond acceptors (Lipinski definition) is 0. The highest BCUT2D eigenvalue weighted by Crippen LogP contribution is 2.36. The molecule has 0 aliphatic heterocycles. The average Bonchev–Trinajstić information content (AvgIpc) is 2.13. The van der Waals surface area contributed by atoms with Crippen molar-refractivity contribution in [3.05, 3.63) is 24.3 Å². The first kappa shape index (κ1) is 10.6. The van der Waals surface area contributed by atoms with Gasteiger partial charge in [0.1, 0.15) is 0 Å². The van der Waals surface area contributed by atoms with Gasteiger partial charge in [-0.1, -0.05) is 51.0 Å². The van der Waals surface area contributed by atoms with Gasteiger partial charge in [-0.25, -0.2) is 0 Å². The van der Waals surface area contributed by atoms with Gasteiger partial charge in [0.25, 0.3) is 0 Å². The third-order valence-electron chi connectivity index (χ3n) is 3.32. The summed E-state index contributed by atoms with van der Waals surface area (Å²) in [5.41, 5.74) is 1.62. The summed E-state index contributed by atoms with van der Waals surface area (Å²) in [6.07, 6.45) is 11.0. The largest absolute Gasteiger partial charge is 0.0991 e. The summed E-state index contributed by atoms with van der Waals surface area (Å²) in [5.74, 6) is 1.73. The summed E-state index contributed by atoms with van der Waals surface area (Å²) < 4.78 is 0. The topological polar surface area (TPSA) is 0 Å². The second kappa shape index (κ2) is 5.26. The van der Waals surface area contributed by atoms with E-state index in [0.29, 0.717) is 0 Å². The molecule has 0 N–H and O–H groups in total.